The van der Waals surface area contributed by atoms with Gasteiger partial charge in [0.15, 0.2) is 0 Å². The minimum atomic E-state index is -0.352. The maximum absolute atomic E-state index is 12.2. The number of hydrogen-bond acceptors (Lipinski definition) is 4. The Morgan fingerprint density at radius 3 is 2.61 bits per heavy atom. The fraction of sp³-hybridized carbons (Fsp3) is 0.182. The monoisotopic (exact) mass is 394 g/mol. The number of rotatable bonds is 6. The van der Waals surface area contributed by atoms with Gasteiger partial charge in [-0.15, -0.1) is 9.24 Å². The first kappa shape index (κ1) is 19.8. The number of benzene rings is 2. The highest BCUT2D eigenvalue weighted by Gasteiger charge is 2.09. The van der Waals surface area contributed by atoms with Gasteiger partial charge in [-0.05, 0) is 54.0 Å². The van der Waals surface area contributed by atoms with E-state index >= 15 is 0 Å². The van der Waals surface area contributed by atoms with Gasteiger partial charge in [0.1, 0.15) is 17.3 Å². The van der Waals surface area contributed by atoms with E-state index in [1.54, 1.807) is 19.5 Å². The van der Waals surface area contributed by atoms with Crippen molar-refractivity contribution in [3.05, 3.63) is 82.7 Å². The predicted molar refractivity (Wildman–Crippen MR) is 116 cm³/mol. The Balaban J connectivity index is 1.83. The van der Waals surface area contributed by atoms with Crippen LogP contribution in [0.3, 0.4) is 0 Å². The fourth-order valence-electron chi connectivity index (χ4n) is 2.88. The van der Waals surface area contributed by atoms with Crippen molar-refractivity contribution in [1.82, 2.24) is 9.55 Å². The van der Waals surface area contributed by atoms with Crippen molar-refractivity contribution in [1.29, 1.82) is 0 Å². The summed E-state index contributed by atoms with van der Waals surface area (Å²) < 4.78 is 12.7. The minimum Gasteiger partial charge on any atom is -0.496 e. The molecular formula is C22H23N2O3P. The minimum absolute atomic E-state index is 0.218. The Morgan fingerprint density at radius 1 is 1.11 bits per heavy atom. The zero-order valence-electron chi connectivity index (χ0n) is 16.2. The first-order valence-corrected chi connectivity index (χ1v) is 9.38. The molecule has 0 bridgehead atoms. The number of methoxy groups -OCH3 is 1. The van der Waals surface area contributed by atoms with Crippen LogP contribution in [-0.2, 0) is 6.54 Å². The van der Waals surface area contributed by atoms with E-state index in [0.29, 0.717) is 5.76 Å². The second-order valence-corrected chi connectivity index (χ2v) is 7.27. The summed E-state index contributed by atoms with van der Waals surface area (Å²) in [4.78, 5) is 16.2. The third-order valence-corrected chi connectivity index (χ3v) is 4.76. The summed E-state index contributed by atoms with van der Waals surface area (Å²) >= 11 is 0. The Hall–Kier alpha value is -2.91. The van der Waals surface area contributed by atoms with Crippen LogP contribution in [0.1, 0.15) is 11.1 Å². The molecule has 3 aromatic rings. The number of hydrogen-bond donors (Lipinski definition) is 0. The molecule has 144 valence electrons. The largest absolute Gasteiger partial charge is 0.496 e. The van der Waals surface area contributed by atoms with Gasteiger partial charge < -0.3 is 9.47 Å². The second kappa shape index (κ2) is 8.41. The van der Waals surface area contributed by atoms with Gasteiger partial charge in [0.25, 0.3) is 0 Å². The van der Waals surface area contributed by atoms with Crippen LogP contribution < -0.4 is 20.5 Å². The third kappa shape index (κ3) is 4.49. The van der Waals surface area contributed by atoms with Gasteiger partial charge in [-0.25, -0.2) is 9.78 Å². The Labute approximate surface area is 166 Å². The SMILES string of the molecule is C=C(Cn1cc(-c2ccc(OC)c(C)c2)cnc1=O)Oc1cc(P)ccc1C. The van der Waals surface area contributed by atoms with Gasteiger partial charge in [-0.1, -0.05) is 24.8 Å². The van der Waals surface area contributed by atoms with Crippen LogP contribution in [0.15, 0.2) is 65.9 Å². The van der Waals surface area contributed by atoms with Crippen molar-refractivity contribution in [3.63, 3.8) is 0 Å². The number of aromatic nitrogens is 2. The first-order valence-electron chi connectivity index (χ1n) is 8.80. The molecule has 1 atom stereocenters. The van der Waals surface area contributed by atoms with Gasteiger partial charge >= 0.3 is 5.69 Å². The maximum atomic E-state index is 12.2. The van der Waals surface area contributed by atoms with E-state index in [9.17, 15) is 4.79 Å². The highest BCUT2D eigenvalue weighted by Crippen LogP contribution is 2.25. The van der Waals surface area contributed by atoms with Crippen LogP contribution in [0.4, 0.5) is 0 Å². The van der Waals surface area contributed by atoms with Crippen molar-refractivity contribution in [2.75, 3.05) is 7.11 Å². The summed E-state index contributed by atoms with van der Waals surface area (Å²) in [5, 5.41) is 1.02. The standard InChI is InChI=1S/C22H23N2O3P/c1-14-5-7-19(28)10-21(14)27-16(3)12-24-13-18(11-23-22(24)25)17-6-8-20(26-4)15(2)9-17/h5-11,13H,3,12,28H2,1-2,4H3. The lowest BCUT2D eigenvalue weighted by molar-refractivity contribution is 0.388. The van der Waals surface area contributed by atoms with Crippen LogP contribution in [0.5, 0.6) is 11.5 Å². The van der Waals surface area contributed by atoms with E-state index < -0.39 is 0 Å². The van der Waals surface area contributed by atoms with E-state index in [1.165, 1.54) is 4.57 Å². The normalized spacial score (nSPS) is 10.6. The molecule has 3 rings (SSSR count). The average Bonchev–Trinajstić information content (AvgIpc) is 2.66. The zero-order chi connectivity index (χ0) is 20.3. The highest BCUT2D eigenvalue weighted by atomic mass is 31.0. The van der Waals surface area contributed by atoms with Gasteiger partial charge in [0, 0.05) is 18.0 Å². The van der Waals surface area contributed by atoms with Crippen LogP contribution in [-0.4, -0.2) is 16.7 Å². The van der Waals surface area contributed by atoms with Crippen LogP contribution >= 0.6 is 9.24 Å². The van der Waals surface area contributed by atoms with Gasteiger partial charge in [-0.2, -0.15) is 0 Å². The molecule has 0 aliphatic heterocycles. The van der Waals surface area contributed by atoms with Crippen LogP contribution in [0, 0.1) is 13.8 Å². The Bertz CT molecular complexity index is 1090. The maximum Gasteiger partial charge on any atom is 0.347 e. The molecule has 0 saturated carbocycles. The summed E-state index contributed by atoms with van der Waals surface area (Å²) in [7, 11) is 4.28. The zero-order valence-corrected chi connectivity index (χ0v) is 17.4. The molecule has 0 amide bonds. The lowest BCUT2D eigenvalue weighted by Crippen LogP contribution is -2.24. The van der Waals surface area contributed by atoms with Crippen molar-refractivity contribution in [2.24, 2.45) is 0 Å². The quantitative estimate of drug-likeness (QED) is 0.473. The van der Waals surface area contributed by atoms with Gasteiger partial charge in [0.2, 0.25) is 0 Å². The molecule has 5 nitrogen and oxygen atoms in total. The Kier molecular flexibility index (Phi) is 5.96. The number of nitrogens with zero attached hydrogens (tertiary/aromatic N) is 2. The van der Waals surface area contributed by atoms with E-state index in [0.717, 1.165) is 39.1 Å². The van der Waals surface area contributed by atoms with E-state index in [-0.39, 0.29) is 12.2 Å². The second-order valence-electron chi connectivity index (χ2n) is 6.60. The highest BCUT2D eigenvalue weighted by molar-refractivity contribution is 7.27. The summed E-state index contributed by atoms with van der Waals surface area (Å²) in [6.45, 7) is 8.12. The molecule has 1 heterocycles. The summed E-state index contributed by atoms with van der Waals surface area (Å²) in [5.41, 5.74) is 3.45. The first-order chi connectivity index (χ1) is 13.4. The van der Waals surface area contributed by atoms with Crippen LogP contribution in [0.2, 0.25) is 0 Å². The van der Waals surface area contributed by atoms with Crippen molar-refractivity contribution in [2.45, 2.75) is 20.4 Å². The fourth-order valence-corrected chi connectivity index (χ4v) is 3.13. The van der Waals surface area contributed by atoms with Gasteiger partial charge in [-0.3, -0.25) is 4.57 Å². The molecular weight excluding hydrogens is 371 g/mol. The number of aryl methyl sites for hydroxylation is 2. The molecule has 0 radical (unpaired) electrons. The molecule has 0 aliphatic rings. The molecule has 6 heteroatoms. The number of ether oxygens (including phenoxy) is 2. The topological polar surface area (TPSA) is 53.4 Å². The molecule has 1 unspecified atom stereocenters. The summed E-state index contributed by atoms with van der Waals surface area (Å²) in [6, 6.07) is 11.7. The molecule has 0 spiro atoms. The van der Waals surface area contributed by atoms with E-state index in [4.69, 9.17) is 9.47 Å². The summed E-state index contributed by atoms with van der Waals surface area (Å²) in [5.74, 6) is 2.00. The lowest BCUT2D eigenvalue weighted by atomic mass is 10.1. The molecule has 0 aliphatic carbocycles. The summed E-state index contributed by atoms with van der Waals surface area (Å²) in [6.07, 6.45) is 3.34. The molecule has 28 heavy (non-hydrogen) atoms. The molecule has 0 saturated heterocycles. The molecule has 0 fully saturated rings. The van der Waals surface area contributed by atoms with Crippen molar-refractivity contribution >= 4 is 14.5 Å². The van der Waals surface area contributed by atoms with E-state index in [1.807, 2.05) is 50.2 Å². The molecule has 2 aromatic carbocycles. The number of allylic oxidation sites excluding steroid dienone is 1. The van der Waals surface area contributed by atoms with Crippen molar-refractivity contribution < 1.29 is 9.47 Å². The Morgan fingerprint density at radius 2 is 1.89 bits per heavy atom. The van der Waals surface area contributed by atoms with E-state index in [2.05, 4.69) is 20.8 Å². The smallest absolute Gasteiger partial charge is 0.347 e. The lowest BCUT2D eigenvalue weighted by Gasteiger charge is -2.14. The predicted octanol–water partition coefficient (Wildman–Crippen LogP) is 3.63. The van der Waals surface area contributed by atoms with Crippen molar-refractivity contribution in [3.8, 4) is 22.6 Å². The van der Waals surface area contributed by atoms with Gasteiger partial charge in [0.05, 0.1) is 13.7 Å². The van der Waals surface area contributed by atoms with Crippen LogP contribution in [0.25, 0.3) is 11.1 Å². The molecule has 1 aromatic heterocycles. The third-order valence-electron chi connectivity index (χ3n) is 4.40. The average molecular weight is 394 g/mol. The molecule has 0 N–H and O–H groups in total.